The Morgan fingerprint density at radius 2 is 2.25 bits per heavy atom. The van der Waals surface area contributed by atoms with E-state index in [9.17, 15) is 4.79 Å². The lowest BCUT2D eigenvalue weighted by molar-refractivity contribution is 0.0940. The number of nitrogen functional groups attached to an aromatic ring is 1. The second-order valence-corrected chi connectivity index (χ2v) is 4.60. The zero-order chi connectivity index (χ0) is 11.5. The van der Waals surface area contributed by atoms with Gasteiger partial charge in [-0.3, -0.25) is 4.79 Å². The lowest BCUT2D eigenvalue weighted by Crippen LogP contribution is -2.32. The third-order valence-corrected chi connectivity index (χ3v) is 3.23. The highest BCUT2D eigenvalue weighted by Gasteiger charge is 2.18. The van der Waals surface area contributed by atoms with E-state index in [-0.39, 0.29) is 5.91 Å². The van der Waals surface area contributed by atoms with Gasteiger partial charge < -0.3 is 11.1 Å². The summed E-state index contributed by atoms with van der Waals surface area (Å²) < 4.78 is 0. The molecule has 16 heavy (non-hydrogen) atoms. The summed E-state index contributed by atoms with van der Waals surface area (Å²) in [6.45, 7) is 2.75. The van der Waals surface area contributed by atoms with Gasteiger partial charge in [0.25, 0.3) is 5.91 Å². The van der Waals surface area contributed by atoms with E-state index in [1.165, 1.54) is 19.3 Å². The molecule has 1 aromatic carbocycles. The number of nitrogens with two attached hydrogens (primary N) is 1. The second kappa shape index (κ2) is 4.56. The molecule has 0 spiro atoms. The molecule has 3 N–H and O–H groups in total. The minimum atomic E-state index is -0.0515. The maximum Gasteiger partial charge on any atom is 0.253 e. The second-order valence-electron chi connectivity index (χ2n) is 4.60. The Hall–Kier alpha value is -1.51. The van der Waals surface area contributed by atoms with E-state index in [0.29, 0.717) is 17.2 Å². The molecule has 1 fully saturated rings. The first kappa shape index (κ1) is 11.0. The number of aryl methyl sites for hydroxylation is 1. The van der Waals surface area contributed by atoms with Crippen molar-refractivity contribution in [3.63, 3.8) is 0 Å². The molecule has 0 heterocycles. The summed E-state index contributed by atoms with van der Waals surface area (Å²) in [5.41, 5.74) is 8.04. The Kier molecular flexibility index (Phi) is 3.13. The first-order valence-electron chi connectivity index (χ1n) is 5.81. The van der Waals surface area contributed by atoms with Gasteiger partial charge in [-0.25, -0.2) is 0 Å². The van der Waals surface area contributed by atoms with Crippen LogP contribution in [0.1, 0.15) is 35.2 Å². The molecule has 3 nitrogen and oxygen atoms in total. The molecule has 0 aromatic heterocycles. The Bertz CT molecular complexity index is 397. The molecule has 2 rings (SSSR count). The van der Waals surface area contributed by atoms with Crippen molar-refractivity contribution in [2.45, 2.75) is 26.2 Å². The number of amides is 1. The smallest absolute Gasteiger partial charge is 0.253 e. The van der Waals surface area contributed by atoms with E-state index >= 15 is 0 Å². The van der Waals surface area contributed by atoms with Crippen LogP contribution in [0.3, 0.4) is 0 Å². The van der Waals surface area contributed by atoms with Crippen LogP contribution in [-0.4, -0.2) is 12.5 Å². The SMILES string of the molecule is Cc1ccc(C(=O)NCC2CCC2)c(N)c1. The first-order chi connectivity index (χ1) is 7.66. The Labute approximate surface area is 96.0 Å². The molecular weight excluding hydrogens is 200 g/mol. The van der Waals surface area contributed by atoms with E-state index in [2.05, 4.69) is 5.32 Å². The standard InChI is InChI=1S/C13H18N2O/c1-9-5-6-11(12(14)7-9)13(16)15-8-10-3-2-4-10/h5-7,10H,2-4,8,14H2,1H3,(H,15,16). The maximum atomic E-state index is 11.8. The van der Waals surface area contributed by atoms with Gasteiger partial charge in [0, 0.05) is 12.2 Å². The van der Waals surface area contributed by atoms with Gasteiger partial charge >= 0.3 is 0 Å². The van der Waals surface area contributed by atoms with Crippen molar-refractivity contribution in [3.05, 3.63) is 29.3 Å². The zero-order valence-electron chi connectivity index (χ0n) is 9.62. The van der Waals surface area contributed by atoms with Crippen LogP contribution in [0.2, 0.25) is 0 Å². The van der Waals surface area contributed by atoms with Gasteiger partial charge in [0.05, 0.1) is 5.56 Å². The monoisotopic (exact) mass is 218 g/mol. The molecule has 0 atom stereocenters. The van der Waals surface area contributed by atoms with Crippen molar-refractivity contribution in [2.24, 2.45) is 5.92 Å². The van der Waals surface area contributed by atoms with Crippen LogP contribution in [0.15, 0.2) is 18.2 Å². The van der Waals surface area contributed by atoms with Crippen molar-refractivity contribution < 1.29 is 4.79 Å². The Morgan fingerprint density at radius 1 is 1.50 bits per heavy atom. The van der Waals surface area contributed by atoms with Gasteiger partial charge in [-0.15, -0.1) is 0 Å². The number of nitrogens with one attached hydrogen (secondary N) is 1. The molecule has 1 saturated carbocycles. The quantitative estimate of drug-likeness (QED) is 0.763. The Balaban J connectivity index is 1.96. The average molecular weight is 218 g/mol. The summed E-state index contributed by atoms with van der Waals surface area (Å²) in [5.74, 6) is 0.625. The summed E-state index contributed by atoms with van der Waals surface area (Å²) in [5, 5.41) is 2.94. The normalized spacial score (nSPS) is 15.6. The molecule has 0 saturated heterocycles. The van der Waals surface area contributed by atoms with E-state index < -0.39 is 0 Å². The number of carbonyl (C=O) groups is 1. The molecule has 1 aliphatic rings. The molecule has 86 valence electrons. The van der Waals surface area contributed by atoms with Gasteiger partial charge in [-0.2, -0.15) is 0 Å². The fourth-order valence-corrected chi connectivity index (χ4v) is 1.92. The highest BCUT2D eigenvalue weighted by Crippen LogP contribution is 2.25. The third kappa shape index (κ3) is 2.35. The number of carbonyl (C=O) groups excluding carboxylic acids is 1. The summed E-state index contributed by atoms with van der Waals surface area (Å²) in [6.07, 6.45) is 3.78. The fourth-order valence-electron chi connectivity index (χ4n) is 1.92. The van der Waals surface area contributed by atoms with Gasteiger partial charge in [0.15, 0.2) is 0 Å². The molecule has 1 amide bonds. The van der Waals surface area contributed by atoms with E-state index in [0.717, 1.165) is 12.1 Å². The summed E-state index contributed by atoms with van der Waals surface area (Å²) >= 11 is 0. The summed E-state index contributed by atoms with van der Waals surface area (Å²) in [4.78, 5) is 11.8. The van der Waals surface area contributed by atoms with Crippen molar-refractivity contribution in [2.75, 3.05) is 12.3 Å². The van der Waals surface area contributed by atoms with Crippen molar-refractivity contribution in [1.29, 1.82) is 0 Å². The summed E-state index contributed by atoms with van der Waals surface area (Å²) in [6, 6.07) is 5.54. The minimum Gasteiger partial charge on any atom is -0.398 e. The molecule has 0 unspecified atom stereocenters. The molecule has 0 aliphatic heterocycles. The number of benzene rings is 1. The number of rotatable bonds is 3. The van der Waals surface area contributed by atoms with Crippen molar-refractivity contribution >= 4 is 11.6 Å². The topological polar surface area (TPSA) is 55.1 Å². The molecule has 0 bridgehead atoms. The fraction of sp³-hybridized carbons (Fsp3) is 0.462. The predicted molar refractivity (Wildman–Crippen MR) is 65.3 cm³/mol. The highest BCUT2D eigenvalue weighted by atomic mass is 16.1. The Morgan fingerprint density at radius 3 is 2.81 bits per heavy atom. The summed E-state index contributed by atoms with van der Waals surface area (Å²) in [7, 11) is 0. The average Bonchev–Trinajstić information content (AvgIpc) is 2.14. The molecule has 1 aliphatic carbocycles. The van der Waals surface area contributed by atoms with Gasteiger partial charge in [0.2, 0.25) is 0 Å². The largest absolute Gasteiger partial charge is 0.398 e. The van der Waals surface area contributed by atoms with E-state index in [1.54, 1.807) is 6.07 Å². The highest BCUT2D eigenvalue weighted by molar-refractivity contribution is 5.99. The van der Waals surface area contributed by atoms with Crippen LogP contribution in [0.4, 0.5) is 5.69 Å². The van der Waals surface area contributed by atoms with E-state index in [1.807, 2.05) is 19.1 Å². The first-order valence-corrected chi connectivity index (χ1v) is 5.81. The lowest BCUT2D eigenvalue weighted by Gasteiger charge is -2.25. The van der Waals surface area contributed by atoms with Crippen LogP contribution in [-0.2, 0) is 0 Å². The third-order valence-electron chi connectivity index (χ3n) is 3.23. The molecule has 0 radical (unpaired) electrons. The van der Waals surface area contributed by atoms with Crippen LogP contribution >= 0.6 is 0 Å². The number of hydrogen-bond acceptors (Lipinski definition) is 2. The van der Waals surface area contributed by atoms with Crippen molar-refractivity contribution in [3.8, 4) is 0 Å². The molecule has 1 aromatic rings. The minimum absolute atomic E-state index is 0.0515. The molecular formula is C13H18N2O. The van der Waals surface area contributed by atoms with Crippen LogP contribution in [0.25, 0.3) is 0 Å². The predicted octanol–water partition coefficient (Wildman–Crippen LogP) is 2.11. The van der Waals surface area contributed by atoms with Crippen LogP contribution < -0.4 is 11.1 Å². The number of anilines is 1. The zero-order valence-corrected chi connectivity index (χ0v) is 9.62. The van der Waals surface area contributed by atoms with Crippen LogP contribution in [0, 0.1) is 12.8 Å². The van der Waals surface area contributed by atoms with Gasteiger partial charge in [0.1, 0.15) is 0 Å². The van der Waals surface area contributed by atoms with Crippen molar-refractivity contribution in [1.82, 2.24) is 5.32 Å². The van der Waals surface area contributed by atoms with Gasteiger partial charge in [-0.1, -0.05) is 12.5 Å². The van der Waals surface area contributed by atoms with Gasteiger partial charge in [-0.05, 0) is 43.4 Å². The molecule has 3 heteroatoms. The van der Waals surface area contributed by atoms with Crippen LogP contribution in [0.5, 0.6) is 0 Å². The van der Waals surface area contributed by atoms with E-state index in [4.69, 9.17) is 5.73 Å². The number of hydrogen-bond donors (Lipinski definition) is 2. The maximum absolute atomic E-state index is 11.8. The lowest BCUT2D eigenvalue weighted by atomic mass is 9.85.